The molecule has 3 rings (SSSR count). The van der Waals surface area contributed by atoms with E-state index in [0.717, 1.165) is 0 Å². The van der Waals surface area contributed by atoms with Crippen LogP contribution >= 0.6 is 0 Å². The minimum atomic E-state index is -0.366. The van der Waals surface area contributed by atoms with Gasteiger partial charge in [-0.05, 0) is 24.3 Å². The van der Waals surface area contributed by atoms with Crippen LogP contribution in [0.2, 0.25) is 0 Å². The third kappa shape index (κ3) is 4.35. The lowest BCUT2D eigenvalue weighted by molar-refractivity contribution is -0.121. The average molecular weight is 343 g/mol. The summed E-state index contributed by atoms with van der Waals surface area (Å²) in [6.07, 6.45) is 0.116. The van der Waals surface area contributed by atoms with Crippen molar-refractivity contribution in [3.8, 4) is 11.5 Å². The van der Waals surface area contributed by atoms with Crippen LogP contribution in [0.1, 0.15) is 28.8 Å². The molecule has 1 N–H and O–H groups in total. The minimum absolute atomic E-state index is 0.0434. The van der Waals surface area contributed by atoms with Gasteiger partial charge in [-0.2, -0.15) is 0 Å². The number of Topliss-reactive ketones (excluding diaryl/α,β-unsaturated/α-hetero) is 1. The van der Waals surface area contributed by atoms with Crippen molar-refractivity contribution < 1.29 is 23.5 Å². The monoisotopic (exact) mass is 343 g/mol. The van der Waals surface area contributed by atoms with Gasteiger partial charge in [-0.15, -0.1) is 0 Å². The Hall–Kier alpha value is -2.89. The molecule has 1 amide bonds. The van der Waals surface area contributed by atoms with Crippen molar-refractivity contribution in [2.45, 2.75) is 19.4 Å². The molecule has 0 aromatic heterocycles. The molecule has 5 nitrogen and oxygen atoms in total. The van der Waals surface area contributed by atoms with Crippen LogP contribution in [0.4, 0.5) is 4.39 Å². The van der Waals surface area contributed by atoms with E-state index in [2.05, 4.69) is 5.32 Å². The van der Waals surface area contributed by atoms with Crippen LogP contribution in [0, 0.1) is 5.82 Å². The number of halogens is 1. The van der Waals surface area contributed by atoms with Crippen LogP contribution in [-0.2, 0) is 11.3 Å². The fraction of sp³-hybridized carbons (Fsp3) is 0.263. The van der Waals surface area contributed by atoms with E-state index in [4.69, 9.17) is 9.47 Å². The molecule has 0 aliphatic carbocycles. The van der Waals surface area contributed by atoms with Crippen LogP contribution in [0.25, 0.3) is 0 Å². The van der Waals surface area contributed by atoms with Gasteiger partial charge in [0.1, 0.15) is 19.0 Å². The van der Waals surface area contributed by atoms with Crippen LogP contribution in [0.3, 0.4) is 0 Å². The smallest absolute Gasteiger partial charge is 0.220 e. The second-order valence-corrected chi connectivity index (χ2v) is 5.65. The predicted molar refractivity (Wildman–Crippen MR) is 89.2 cm³/mol. The van der Waals surface area contributed by atoms with Crippen LogP contribution in [0.15, 0.2) is 42.5 Å². The quantitative estimate of drug-likeness (QED) is 0.819. The van der Waals surface area contributed by atoms with E-state index in [0.29, 0.717) is 35.8 Å². The van der Waals surface area contributed by atoms with Gasteiger partial charge >= 0.3 is 0 Å². The summed E-state index contributed by atoms with van der Waals surface area (Å²) < 4.78 is 24.3. The number of rotatable bonds is 6. The zero-order chi connectivity index (χ0) is 17.6. The Morgan fingerprint density at radius 1 is 1.00 bits per heavy atom. The van der Waals surface area contributed by atoms with Gasteiger partial charge < -0.3 is 14.8 Å². The topological polar surface area (TPSA) is 64.6 Å². The Morgan fingerprint density at radius 2 is 1.76 bits per heavy atom. The molecular weight excluding hydrogens is 325 g/mol. The van der Waals surface area contributed by atoms with E-state index in [9.17, 15) is 14.0 Å². The third-order valence-corrected chi connectivity index (χ3v) is 3.88. The number of fused-ring (bicyclic) bond motifs is 1. The number of hydrogen-bond donors (Lipinski definition) is 1. The molecule has 0 atom stereocenters. The molecule has 25 heavy (non-hydrogen) atoms. The number of hydrogen-bond acceptors (Lipinski definition) is 4. The van der Waals surface area contributed by atoms with Gasteiger partial charge in [0.15, 0.2) is 17.3 Å². The van der Waals surface area contributed by atoms with Gasteiger partial charge in [0.2, 0.25) is 5.91 Å². The third-order valence-electron chi connectivity index (χ3n) is 3.88. The van der Waals surface area contributed by atoms with Crippen LogP contribution in [0.5, 0.6) is 11.5 Å². The first-order valence-electron chi connectivity index (χ1n) is 8.06. The number of carbonyl (C=O) groups excluding carboxylic acids is 2. The maximum absolute atomic E-state index is 13.5. The molecule has 6 heteroatoms. The Bertz CT molecular complexity index is 791. The lowest BCUT2D eigenvalue weighted by atomic mass is 10.1. The highest BCUT2D eigenvalue weighted by Crippen LogP contribution is 2.31. The van der Waals surface area contributed by atoms with Crippen molar-refractivity contribution in [3.05, 3.63) is 59.4 Å². The number of ether oxygens (including phenoxy) is 2. The van der Waals surface area contributed by atoms with Crippen LogP contribution in [-0.4, -0.2) is 24.9 Å². The Morgan fingerprint density at radius 3 is 2.56 bits per heavy atom. The SMILES string of the molecule is O=C(CCC(=O)c1ccc2c(c1)OCCO2)NCc1ccccc1F. The second kappa shape index (κ2) is 7.79. The first-order valence-corrected chi connectivity index (χ1v) is 8.06. The number of ketones is 1. The van der Waals surface area contributed by atoms with Gasteiger partial charge in [-0.1, -0.05) is 18.2 Å². The van der Waals surface area contributed by atoms with E-state index in [1.165, 1.54) is 6.07 Å². The molecular formula is C19H18FNO4. The van der Waals surface area contributed by atoms with Crippen molar-refractivity contribution in [3.63, 3.8) is 0 Å². The molecule has 0 radical (unpaired) electrons. The van der Waals surface area contributed by atoms with Gasteiger partial charge in [0, 0.05) is 30.5 Å². The minimum Gasteiger partial charge on any atom is -0.486 e. The number of carbonyl (C=O) groups is 2. The number of benzene rings is 2. The summed E-state index contributed by atoms with van der Waals surface area (Å²) in [6, 6.07) is 11.2. The molecule has 1 aliphatic rings. The van der Waals surface area contributed by atoms with Gasteiger partial charge in [-0.3, -0.25) is 9.59 Å². The average Bonchev–Trinajstić information content (AvgIpc) is 2.65. The molecule has 1 heterocycles. The highest BCUT2D eigenvalue weighted by atomic mass is 19.1. The van der Waals surface area contributed by atoms with Crippen molar-refractivity contribution in [1.29, 1.82) is 0 Å². The normalized spacial score (nSPS) is 12.5. The fourth-order valence-corrected chi connectivity index (χ4v) is 2.51. The van der Waals surface area contributed by atoms with Crippen molar-refractivity contribution >= 4 is 11.7 Å². The number of nitrogens with one attached hydrogen (secondary N) is 1. The molecule has 0 bridgehead atoms. The lowest BCUT2D eigenvalue weighted by Gasteiger charge is -2.18. The summed E-state index contributed by atoms with van der Waals surface area (Å²) in [6.45, 7) is 1.04. The van der Waals surface area contributed by atoms with Gasteiger partial charge in [0.25, 0.3) is 0 Å². The maximum atomic E-state index is 13.5. The molecule has 1 aliphatic heterocycles. The van der Waals surface area contributed by atoms with E-state index in [1.54, 1.807) is 36.4 Å². The fourth-order valence-electron chi connectivity index (χ4n) is 2.51. The molecule has 2 aromatic rings. The summed E-state index contributed by atoms with van der Waals surface area (Å²) in [5.41, 5.74) is 0.889. The highest BCUT2D eigenvalue weighted by molar-refractivity contribution is 5.98. The van der Waals surface area contributed by atoms with E-state index in [1.807, 2.05) is 0 Å². The molecule has 0 saturated heterocycles. The van der Waals surface area contributed by atoms with Gasteiger partial charge in [-0.25, -0.2) is 4.39 Å². The first kappa shape index (κ1) is 17.0. The molecule has 0 spiro atoms. The zero-order valence-electron chi connectivity index (χ0n) is 13.6. The lowest BCUT2D eigenvalue weighted by Crippen LogP contribution is -2.23. The van der Waals surface area contributed by atoms with Crippen molar-refractivity contribution in [2.24, 2.45) is 0 Å². The molecule has 2 aromatic carbocycles. The highest BCUT2D eigenvalue weighted by Gasteiger charge is 2.16. The molecule has 130 valence electrons. The first-order chi connectivity index (χ1) is 12.1. The summed E-state index contributed by atoms with van der Waals surface area (Å²) in [5, 5.41) is 2.62. The Labute approximate surface area is 144 Å². The van der Waals surface area contributed by atoms with E-state index in [-0.39, 0.29) is 36.9 Å². The van der Waals surface area contributed by atoms with Crippen molar-refractivity contribution in [2.75, 3.05) is 13.2 Å². The van der Waals surface area contributed by atoms with E-state index < -0.39 is 0 Å². The molecule has 0 saturated carbocycles. The van der Waals surface area contributed by atoms with Gasteiger partial charge in [0.05, 0.1) is 0 Å². The zero-order valence-corrected chi connectivity index (χ0v) is 13.6. The maximum Gasteiger partial charge on any atom is 0.220 e. The summed E-state index contributed by atoms with van der Waals surface area (Å²) in [4.78, 5) is 24.1. The Balaban J connectivity index is 1.50. The largest absolute Gasteiger partial charge is 0.486 e. The number of amides is 1. The standard InChI is InChI=1S/C19H18FNO4/c20-15-4-2-1-3-14(15)12-21-19(23)8-6-16(22)13-5-7-17-18(11-13)25-10-9-24-17/h1-5,7,11H,6,8-10,12H2,(H,21,23). The van der Waals surface area contributed by atoms with Crippen molar-refractivity contribution in [1.82, 2.24) is 5.32 Å². The molecule has 0 unspecified atom stereocenters. The second-order valence-electron chi connectivity index (χ2n) is 5.65. The molecule has 0 fully saturated rings. The van der Waals surface area contributed by atoms with Crippen LogP contribution < -0.4 is 14.8 Å². The predicted octanol–water partition coefficient (Wildman–Crippen LogP) is 2.88. The summed E-state index contributed by atoms with van der Waals surface area (Å²) in [5.74, 6) is 0.342. The van der Waals surface area contributed by atoms with E-state index >= 15 is 0 Å². The Kier molecular flexibility index (Phi) is 5.28. The summed E-state index contributed by atoms with van der Waals surface area (Å²) >= 11 is 0. The summed E-state index contributed by atoms with van der Waals surface area (Å²) in [7, 11) is 0.